The van der Waals surface area contributed by atoms with Crippen molar-refractivity contribution in [1.29, 1.82) is 0 Å². The molecule has 0 saturated heterocycles. The Bertz CT molecular complexity index is 1490. The fourth-order valence-corrected chi connectivity index (χ4v) is 5.36. The smallest absolute Gasteiger partial charge is 0.264 e. The molecule has 1 amide bonds. The van der Waals surface area contributed by atoms with Crippen LogP contribution in [0.2, 0.25) is 0 Å². The third-order valence-electron chi connectivity index (χ3n) is 5.83. The Kier molecular flexibility index (Phi) is 7.78. The minimum atomic E-state index is -4.11. The minimum Gasteiger partial charge on any atom is -0.493 e. The molecule has 0 atom stereocenters. The fraction of sp³-hybridized carbons (Fsp3) is 0.185. The van der Waals surface area contributed by atoms with Gasteiger partial charge in [-0.2, -0.15) is 0 Å². The number of rotatable bonds is 10. The van der Waals surface area contributed by atoms with E-state index in [0.717, 1.165) is 21.4 Å². The molecule has 1 aromatic heterocycles. The number of hydrogen-bond donors (Lipinski definition) is 1. The summed E-state index contributed by atoms with van der Waals surface area (Å²) in [4.78, 5) is 17.3. The van der Waals surface area contributed by atoms with Crippen molar-refractivity contribution in [2.45, 2.75) is 18.4 Å². The van der Waals surface area contributed by atoms with Crippen molar-refractivity contribution in [2.24, 2.45) is 0 Å². The van der Waals surface area contributed by atoms with Gasteiger partial charge in [0.2, 0.25) is 5.91 Å². The van der Waals surface area contributed by atoms with Crippen LogP contribution in [0.15, 0.2) is 90.1 Å². The van der Waals surface area contributed by atoms with Crippen LogP contribution < -0.4 is 19.1 Å². The zero-order valence-electron chi connectivity index (χ0n) is 20.8. The summed E-state index contributed by atoms with van der Waals surface area (Å²) in [6.45, 7) is 1.70. The van der Waals surface area contributed by atoms with Gasteiger partial charge in [0.05, 0.1) is 30.5 Å². The zero-order valence-corrected chi connectivity index (χ0v) is 21.6. The highest BCUT2D eigenvalue weighted by molar-refractivity contribution is 7.92. The predicted octanol–water partition coefficient (Wildman–Crippen LogP) is 3.71. The molecule has 4 aromatic rings. The van der Waals surface area contributed by atoms with Crippen molar-refractivity contribution in [3.63, 3.8) is 0 Å². The summed E-state index contributed by atoms with van der Waals surface area (Å²) in [5, 5.41) is 2.86. The Hall–Kier alpha value is -4.31. The largest absolute Gasteiger partial charge is 0.493 e. The second kappa shape index (κ2) is 11.2. The van der Waals surface area contributed by atoms with Gasteiger partial charge in [-0.25, -0.2) is 13.4 Å². The molecule has 0 bridgehead atoms. The standard InChI is InChI=1S/C27H28N4O5S/c1-20-28-15-16-30(20)24-12-8-7-9-21(24)18-29-27(32)19-31(22-10-5-4-6-11-22)37(33,34)23-13-14-25(35-2)26(17-23)36-3/h4-17H,18-19H2,1-3H3,(H,29,32). The number of carbonyl (C=O) groups excluding carboxylic acids is 1. The number of amides is 1. The van der Waals surface area contributed by atoms with Gasteiger partial charge in [-0.1, -0.05) is 36.4 Å². The topological polar surface area (TPSA) is 103 Å². The maximum absolute atomic E-state index is 13.7. The molecule has 9 nitrogen and oxygen atoms in total. The van der Waals surface area contributed by atoms with Crippen molar-refractivity contribution >= 4 is 21.6 Å². The summed E-state index contributed by atoms with van der Waals surface area (Å²) in [7, 11) is -1.21. The second-order valence-corrected chi connectivity index (χ2v) is 9.98. The maximum atomic E-state index is 13.7. The van der Waals surface area contributed by atoms with Gasteiger partial charge in [0, 0.05) is 25.0 Å². The monoisotopic (exact) mass is 520 g/mol. The molecule has 0 saturated carbocycles. The van der Waals surface area contributed by atoms with Gasteiger partial charge >= 0.3 is 0 Å². The second-order valence-electron chi connectivity index (χ2n) is 8.11. The molecular formula is C27H28N4O5S. The Balaban J connectivity index is 1.59. The van der Waals surface area contributed by atoms with Gasteiger partial charge in [-0.05, 0) is 42.8 Å². The number of benzene rings is 3. The first-order valence-electron chi connectivity index (χ1n) is 11.5. The van der Waals surface area contributed by atoms with Crippen LogP contribution in [0.25, 0.3) is 5.69 Å². The van der Waals surface area contributed by atoms with E-state index in [0.29, 0.717) is 11.4 Å². The van der Waals surface area contributed by atoms with Crippen LogP contribution in [-0.4, -0.2) is 44.6 Å². The zero-order chi connectivity index (χ0) is 26.4. The molecule has 0 unspecified atom stereocenters. The van der Waals surface area contributed by atoms with E-state index < -0.39 is 22.5 Å². The third-order valence-corrected chi connectivity index (χ3v) is 7.60. The summed E-state index contributed by atoms with van der Waals surface area (Å²) in [6, 6.07) is 20.5. The molecule has 0 radical (unpaired) electrons. The van der Waals surface area contributed by atoms with Crippen LogP contribution in [0.1, 0.15) is 11.4 Å². The maximum Gasteiger partial charge on any atom is 0.264 e. The summed E-state index contributed by atoms with van der Waals surface area (Å²) in [5.41, 5.74) is 2.11. The number of aromatic nitrogens is 2. The number of nitrogens with one attached hydrogen (secondary N) is 1. The first-order valence-corrected chi connectivity index (χ1v) is 12.9. The van der Waals surface area contributed by atoms with Gasteiger partial charge in [-0.15, -0.1) is 0 Å². The Morgan fingerprint density at radius 3 is 2.35 bits per heavy atom. The molecule has 1 heterocycles. The number of anilines is 1. The molecule has 4 rings (SSSR count). The molecule has 3 aromatic carbocycles. The van der Waals surface area contributed by atoms with E-state index in [4.69, 9.17) is 9.47 Å². The van der Waals surface area contributed by atoms with Crippen molar-refractivity contribution < 1.29 is 22.7 Å². The minimum absolute atomic E-state index is 0.0252. The van der Waals surface area contributed by atoms with Crippen molar-refractivity contribution in [1.82, 2.24) is 14.9 Å². The number of hydrogen-bond acceptors (Lipinski definition) is 6. The molecule has 0 aliphatic rings. The first kappa shape index (κ1) is 25.8. The number of carbonyl (C=O) groups is 1. The van der Waals surface area contributed by atoms with Gasteiger partial charge in [0.15, 0.2) is 11.5 Å². The van der Waals surface area contributed by atoms with Crippen LogP contribution in [0.4, 0.5) is 5.69 Å². The van der Waals surface area contributed by atoms with Gasteiger partial charge in [0.1, 0.15) is 12.4 Å². The van der Waals surface area contributed by atoms with Crippen LogP contribution in [0, 0.1) is 6.92 Å². The lowest BCUT2D eigenvalue weighted by Gasteiger charge is -2.24. The normalized spacial score (nSPS) is 11.1. The lowest BCUT2D eigenvalue weighted by Crippen LogP contribution is -2.40. The van der Waals surface area contributed by atoms with E-state index in [1.54, 1.807) is 36.5 Å². The van der Waals surface area contributed by atoms with E-state index in [-0.39, 0.29) is 17.2 Å². The van der Waals surface area contributed by atoms with Crippen LogP contribution in [0.3, 0.4) is 0 Å². The molecule has 37 heavy (non-hydrogen) atoms. The van der Waals surface area contributed by atoms with E-state index in [1.165, 1.54) is 32.4 Å². The lowest BCUT2D eigenvalue weighted by atomic mass is 10.1. The highest BCUT2D eigenvalue weighted by Crippen LogP contribution is 2.32. The third kappa shape index (κ3) is 5.59. The van der Waals surface area contributed by atoms with Gasteiger partial charge < -0.3 is 19.4 Å². The van der Waals surface area contributed by atoms with Crippen molar-refractivity contribution in [2.75, 3.05) is 25.1 Å². The summed E-state index contributed by atoms with van der Waals surface area (Å²) in [6.07, 6.45) is 3.56. The number of para-hydroxylation sites is 2. The molecule has 0 aliphatic carbocycles. The highest BCUT2D eigenvalue weighted by Gasteiger charge is 2.28. The molecular weight excluding hydrogens is 492 g/mol. The quantitative estimate of drug-likeness (QED) is 0.342. The Labute approximate surface area is 216 Å². The van der Waals surface area contributed by atoms with E-state index >= 15 is 0 Å². The predicted molar refractivity (Wildman–Crippen MR) is 141 cm³/mol. The molecule has 0 aliphatic heterocycles. The molecule has 10 heteroatoms. The summed E-state index contributed by atoms with van der Waals surface area (Å²) < 4.78 is 40.9. The fourth-order valence-electron chi connectivity index (χ4n) is 3.92. The average molecular weight is 521 g/mol. The van der Waals surface area contributed by atoms with Crippen molar-refractivity contribution in [3.05, 3.63) is 96.6 Å². The lowest BCUT2D eigenvalue weighted by molar-refractivity contribution is -0.119. The average Bonchev–Trinajstić information content (AvgIpc) is 3.36. The van der Waals surface area contributed by atoms with Gasteiger partial charge in [0.25, 0.3) is 10.0 Å². The van der Waals surface area contributed by atoms with E-state index in [9.17, 15) is 13.2 Å². The SMILES string of the molecule is COc1ccc(S(=O)(=O)N(CC(=O)NCc2ccccc2-n2ccnc2C)c2ccccc2)cc1OC. The number of methoxy groups -OCH3 is 2. The van der Waals surface area contributed by atoms with Gasteiger partial charge in [-0.3, -0.25) is 9.10 Å². The van der Waals surface area contributed by atoms with E-state index in [2.05, 4.69) is 10.3 Å². The van der Waals surface area contributed by atoms with Crippen LogP contribution >= 0.6 is 0 Å². The molecule has 0 spiro atoms. The number of aryl methyl sites for hydroxylation is 1. The molecule has 1 N–H and O–H groups in total. The summed E-state index contributed by atoms with van der Waals surface area (Å²) >= 11 is 0. The van der Waals surface area contributed by atoms with E-state index in [1.807, 2.05) is 42.0 Å². The number of nitrogens with zero attached hydrogens (tertiary/aromatic N) is 3. The molecule has 0 fully saturated rings. The molecule has 192 valence electrons. The Morgan fingerprint density at radius 2 is 1.68 bits per heavy atom. The first-order chi connectivity index (χ1) is 17.8. The Morgan fingerprint density at radius 1 is 0.973 bits per heavy atom. The number of sulfonamides is 1. The number of ether oxygens (including phenoxy) is 2. The van der Waals surface area contributed by atoms with Crippen LogP contribution in [-0.2, 0) is 21.4 Å². The summed E-state index contributed by atoms with van der Waals surface area (Å²) in [5.74, 6) is 1.03. The van der Waals surface area contributed by atoms with Crippen LogP contribution in [0.5, 0.6) is 11.5 Å². The van der Waals surface area contributed by atoms with Crippen molar-refractivity contribution in [3.8, 4) is 17.2 Å². The highest BCUT2D eigenvalue weighted by atomic mass is 32.2. The number of imidazole rings is 1.